The Bertz CT molecular complexity index is 439. The van der Waals surface area contributed by atoms with Crippen LogP contribution in [0, 0.1) is 11.9 Å². The summed E-state index contributed by atoms with van der Waals surface area (Å²) in [6.45, 7) is 0. The minimum absolute atomic E-state index is 0.338. The summed E-state index contributed by atoms with van der Waals surface area (Å²) < 4.78 is 13.0. The number of nitrogens with zero attached hydrogens (tertiary/aromatic N) is 1. The molecule has 0 aliphatic carbocycles. The van der Waals surface area contributed by atoms with Crippen molar-refractivity contribution in [1.82, 2.24) is 0 Å². The van der Waals surface area contributed by atoms with E-state index in [0.29, 0.717) is 0 Å². The van der Waals surface area contributed by atoms with Gasteiger partial charge in [0.25, 0.3) is 0 Å². The normalized spacial score (nSPS) is 10.0. The number of para-hydroxylation sites is 1. The Labute approximate surface area is 88.8 Å². The van der Waals surface area contributed by atoms with Crippen molar-refractivity contribution in [2.24, 2.45) is 0 Å². The lowest BCUT2D eigenvalue weighted by molar-refractivity contribution is 0.625. The highest BCUT2D eigenvalue weighted by atomic mass is 19.1. The average molecular weight is 200 g/mol. The van der Waals surface area contributed by atoms with Crippen LogP contribution in [0.15, 0.2) is 48.5 Å². The molecule has 0 amide bonds. The van der Waals surface area contributed by atoms with E-state index < -0.39 is 0 Å². The summed E-state index contributed by atoms with van der Waals surface area (Å²) in [5.74, 6) is -0.338. The van der Waals surface area contributed by atoms with Gasteiger partial charge in [-0.2, -0.15) is 0 Å². The minimum atomic E-state index is -0.338. The van der Waals surface area contributed by atoms with E-state index in [2.05, 4.69) is 6.07 Å². The molecule has 0 N–H and O–H groups in total. The molecule has 2 heteroatoms. The van der Waals surface area contributed by atoms with Crippen molar-refractivity contribution in [3.05, 3.63) is 60.4 Å². The van der Waals surface area contributed by atoms with E-state index in [-0.39, 0.29) is 5.82 Å². The third kappa shape index (κ3) is 2.15. The summed E-state index contributed by atoms with van der Waals surface area (Å²) in [7, 11) is 1.91. The first-order valence-electron chi connectivity index (χ1n) is 4.73. The molecule has 0 unspecified atom stereocenters. The zero-order valence-corrected chi connectivity index (χ0v) is 8.44. The van der Waals surface area contributed by atoms with Crippen LogP contribution in [0.5, 0.6) is 0 Å². The molecular weight excluding hydrogens is 189 g/mol. The van der Waals surface area contributed by atoms with E-state index in [0.717, 1.165) is 11.4 Å². The van der Waals surface area contributed by atoms with E-state index in [9.17, 15) is 4.39 Å². The molecule has 0 aromatic heterocycles. The van der Waals surface area contributed by atoms with Gasteiger partial charge in [-0.05, 0) is 30.3 Å². The third-order valence-electron chi connectivity index (χ3n) is 2.28. The molecule has 2 rings (SSSR count). The molecule has 0 aliphatic rings. The van der Waals surface area contributed by atoms with Gasteiger partial charge in [0.2, 0.25) is 0 Å². The average Bonchev–Trinajstić information content (AvgIpc) is 2.29. The first-order chi connectivity index (χ1) is 7.27. The van der Waals surface area contributed by atoms with Crippen LogP contribution < -0.4 is 4.90 Å². The summed E-state index contributed by atoms with van der Waals surface area (Å²) in [5, 5.41) is 0. The van der Waals surface area contributed by atoms with Crippen LogP contribution in [0.1, 0.15) is 0 Å². The maximum atomic E-state index is 13.0. The van der Waals surface area contributed by atoms with Gasteiger partial charge in [0.15, 0.2) is 0 Å². The van der Waals surface area contributed by atoms with Crippen molar-refractivity contribution in [1.29, 1.82) is 0 Å². The Morgan fingerprint density at radius 2 is 1.80 bits per heavy atom. The van der Waals surface area contributed by atoms with E-state index in [1.807, 2.05) is 48.3 Å². The summed E-state index contributed by atoms with van der Waals surface area (Å²) >= 11 is 0. The van der Waals surface area contributed by atoms with Gasteiger partial charge < -0.3 is 4.90 Å². The monoisotopic (exact) mass is 200 g/mol. The van der Waals surface area contributed by atoms with Crippen LogP contribution in [-0.4, -0.2) is 7.05 Å². The summed E-state index contributed by atoms with van der Waals surface area (Å²) in [5.41, 5.74) is 1.85. The van der Waals surface area contributed by atoms with Crippen molar-refractivity contribution >= 4 is 11.4 Å². The van der Waals surface area contributed by atoms with Crippen molar-refractivity contribution in [2.75, 3.05) is 11.9 Å². The van der Waals surface area contributed by atoms with Crippen molar-refractivity contribution in [2.45, 2.75) is 0 Å². The lowest BCUT2D eigenvalue weighted by atomic mass is 10.2. The quantitative estimate of drug-likeness (QED) is 0.718. The highest BCUT2D eigenvalue weighted by Gasteiger charge is 2.03. The molecule has 0 spiro atoms. The lowest BCUT2D eigenvalue weighted by Crippen LogP contribution is -2.09. The standard InChI is InChI=1S/C13H11FN/c1-15(12-7-3-2-4-8-12)13-9-5-6-11(14)10-13/h2-5,7-10H,1H3. The summed E-state index contributed by atoms with van der Waals surface area (Å²) in [6, 6.07) is 17.2. The fourth-order valence-electron chi connectivity index (χ4n) is 1.44. The van der Waals surface area contributed by atoms with Crippen LogP contribution in [0.25, 0.3) is 0 Å². The van der Waals surface area contributed by atoms with Crippen LogP contribution in [0.4, 0.5) is 15.8 Å². The Balaban J connectivity index is 2.32. The number of halogens is 1. The molecule has 0 heterocycles. The molecule has 0 fully saturated rings. The van der Waals surface area contributed by atoms with Gasteiger partial charge >= 0.3 is 0 Å². The van der Waals surface area contributed by atoms with Gasteiger partial charge in [-0.3, -0.25) is 0 Å². The molecule has 1 nitrogen and oxygen atoms in total. The molecule has 15 heavy (non-hydrogen) atoms. The Morgan fingerprint density at radius 3 is 2.47 bits per heavy atom. The van der Waals surface area contributed by atoms with Gasteiger partial charge in [-0.1, -0.05) is 18.2 Å². The summed E-state index contributed by atoms with van der Waals surface area (Å²) in [6.07, 6.45) is 0. The number of anilines is 2. The molecule has 0 aliphatic heterocycles. The predicted octanol–water partition coefficient (Wildman–Crippen LogP) is 3.39. The Kier molecular flexibility index (Phi) is 2.68. The molecular formula is C13H11FN. The van der Waals surface area contributed by atoms with Crippen LogP contribution in [0.3, 0.4) is 0 Å². The second kappa shape index (κ2) is 4.13. The first kappa shape index (κ1) is 9.71. The molecule has 2 aromatic rings. The maximum Gasteiger partial charge on any atom is 0.133 e. The van der Waals surface area contributed by atoms with Crippen molar-refractivity contribution in [3.8, 4) is 0 Å². The lowest BCUT2D eigenvalue weighted by Gasteiger charge is -2.19. The largest absolute Gasteiger partial charge is 0.345 e. The number of benzene rings is 2. The van der Waals surface area contributed by atoms with E-state index in [1.165, 1.54) is 6.07 Å². The van der Waals surface area contributed by atoms with Gasteiger partial charge in [0.1, 0.15) is 5.82 Å². The zero-order chi connectivity index (χ0) is 10.7. The third-order valence-corrected chi connectivity index (χ3v) is 2.28. The van der Waals surface area contributed by atoms with E-state index >= 15 is 0 Å². The van der Waals surface area contributed by atoms with Gasteiger partial charge in [0.05, 0.1) is 0 Å². The van der Waals surface area contributed by atoms with Gasteiger partial charge in [-0.15, -0.1) is 0 Å². The van der Waals surface area contributed by atoms with E-state index in [4.69, 9.17) is 0 Å². The smallest absolute Gasteiger partial charge is 0.133 e. The molecule has 1 radical (unpaired) electrons. The zero-order valence-electron chi connectivity index (χ0n) is 8.44. The molecule has 0 atom stereocenters. The summed E-state index contributed by atoms with van der Waals surface area (Å²) in [4.78, 5) is 1.93. The van der Waals surface area contributed by atoms with Crippen molar-refractivity contribution in [3.63, 3.8) is 0 Å². The second-order valence-corrected chi connectivity index (χ2v) is 3.29. The number of hydrogen-bond donors (Lipinski definition) is 0. The molecule has 75 valence electrons. The first-order valence-corrected chi connectivity index (χ1v) is 4.73. The molecule has 0 saturated heterocycles. The highest BCUT2D eigenvalue weighted by molar-refractivity contribution is 5.61. The SMILES string of the molecule is CN(c1ccccc1)c1cc[c]c(F)c1. The number of rotatable bonds is 2. The fourth-order valence-corrected chi connectivity index (χ4v) is 1.44. The van der Waals surface area contributed by atoms with Crippen LogP contribution in [0.2, 0.25) is 0 Å². The fraction of sp³-hybridized carbons (Fsp3) is 0.0769. The second-order valence-electron chi connectivity index (χ2n) is 3.29. The number of hydrogen-bond acceptors (Lipinski definition) is 1. The molecule has 2 aromatic carbocycles. The van der Waals surface area contributed by atoms with Gasteiger partial charge in [-0.25, -0.2) is 4.39 Å². The van der Waals surface area contributed by atoms with E-state index in [1.54, 1.807) is 6.07 Å². The van der Waals surface area contributed by atoms with Gasteiger partial charge in [0, 0.05) is 24.5 Å². The van der Waals surface area contributed by atoms with Crippen molar-refractivity contribution < 1.29 is 4.39 Å². The van der Waals surface area contributed by atoms with Crippen LogP contribution in [-0.2, 0) is 0 Å². The predicted molar refractivity (Wildman–Crippen MR) is 59.7 cm³/mol. The molecule has 0 bridgehead atoms. The maximum absolute atomic E-state index is 13.0. The molecule has 0 saturated carbocycles. The van der Waals surface area contributed by atoms with Crippen LogP contribution >= 0.6 is 0 Å². The minimum Gasteiger partial charge on any atom is -0.345 e. The highest BCUT2D eigenvalue weighted by Crippen LogP contribution is 2.22. The topological polar surface area (TPSA) is 3.24 Å². The Hall–Kier alpha value is -1.83. The Morgan fingerprint density at radius 1 is 1.07 bits per heavy atom.